The average Bonchev–Trinajstić information content (AvgIpc) is 3.40. The number of pyridine rings is 1. The lowest BCUT2D eigenvalue weighted by molar-refractivity contribution is 0.0921. The zero-order chi connectivity index (χ0) is 23.2. The first kappa shape index (κ1) is 21.8. The second-order valence-corrected chi connectivity index (χ2v) is 10.5. The lowest BCUT2D eigenvalue weighted by Crippen LogP contribution is -2.38. The number of benzene rings is 2. The molecule has 2 atom stereocenters. The van der Waals surface area contributed by atoms with Crippen LogP contribution in [0.15, 0.2) is 60.7 Å². The molecule has 1 saturated carbocycles. The van der Waals surface area contributed by atoms with Crippen molar-refractivity contribution in [2.75, 3.05) is 6.54 Å². The van der Waals surface area contributed by atoms with Gasteiger partial charge in [0.2, 0.25) is 0 Å². The summed E-state index contributed by atoms with van der Waals surface area (Å²) in [6, 6.07) is 17.5. The van der Waals surface area contributed by atoms with E-state index < -0.39 is 0 Å². The van der Waals surface area contributed by atoms with E-state index in [2.05, 4.69) is 51.6 Å². The highest BCUT2D eigenvalue weighted by Gasteiger charge is 2.39. The van der Waals surface area contributed by atoms with E-state index in [1.54, 1.807) is 6.07 Å². The van der Waals surface area contributed by atoms with Gasteiger partial charge in [0.15, 0.2) is 0 Å². The molecule has 2 aromatic carbocycles. The molecule has 5 heteroatoms. The highest BCUT2D eigenvalue weighted by Crippen LogP contribution is 2.48. The monoisotopic (exact) mass is 471 g/mol. The number of carbonyl (C=O) groups excluding carboxylic acids is 1. The van der Waals surface area contributed by atoms with E-state index in [0.29, 0.717) is 28.2 Å². The Bertz CT molecular complexity index is 1240. The molecular weight excluding hydrogens is 442 g/mol. The molecule has 1 N–H and O–H groups in total. The Balaban J connectivity index is 1.04. The van der Waals surface area contributed by atoms with E-state index in [0.717, 1.165) is 36.4 Å². The van der Waals surface area contributed by atoms with Crippen LogP contribution < -0.4 is 5.32 Å². The Morgan fingerprint density at radius 3 is 2.41 bits per heavy atom. The number of carbonyl (C=O) groups is 1. The predicted octanol–water partition coefficient (Wildman–Crippen LogP) is 6.54. The van der Waals surface area contributed by atoms with E-state index in [4.69, 9.17) is 11.6 Å². The van der Waals surface area contributed by atoms with Crippen LogP contribution in [0.2, 0.25) is 5.02 Å². The number of halogens is 1. The molecule has 1 fully saturated rings. The number of aryl methyl sites for hydroxylation is 1. The third-order valence-corrected chi connectivity index (χ3v) is 8.30. The topological polar surface area (TPSA) is 45.2 Å². The van der Waals surface area contributed by atoms with Crippen LogP contribution in [0, 0.1) is 12.8 Å². The van der Waals surface area contributed by atoms with Gasteiger partial charge in [-0.2, -0.15) is 0 Å². The molecule has 0 spiro atoms. The second kappa shape index (κ2) is 8.83. The fourth-order valence-electron chi connectivity index (χ4n) is 6.17. The second-order valence-electron chi connectivity index (χ2n) is 10.1. The number of nitrogens with one attached hydrogen (secondary N) is 1. The molecule has 3 heterocycles. The van der Waals surface area contributed by atoms with Crippen LogP contribution in [0.1, 0.15) is 71.4 Å². The number of amides is 1. The first-order valence-corrected chi connectivity index (χ1v) is 12.9. The Kier molecular flexibility index (Phi) is 5.66. The summed E-state index contributed by atoms with van der Waals surface area (Å²) in [5.41, 5.74) is 5.23. The van der Waals surface area contributed by atoms with Gasteiger partial charge in [-0.05, 0) is 74.3 Å². The van der Waals surface area contributed by atoms with Crippen molar-refractivity contribution in [3.05, 3.63) is 88.1 Å². The maximum atomic E-state index is 13.1. The summed E-state index contributed by atoms with van der Waals surface area (Å²) in [6.07, 6.45) is 10.4. The third kappa shape index (κ3) is 3.83. The van der Waals surface area contributed by atoms with Crippen molar-refractivity contribution in [3.8, 4) is 0 Å². The summed E-state index contributed by atoms with van der Waals surface area (Å²) in [5, 5.41) is 4.69. The van der Waals surface area contributed by atoms with Crippen molar-refractivity contribution in [2.24, 2.45) is 5.92 Å². The minimum absolute atomic E-state index is 0.0201. The quantitative estimate of drug-likeness (QED) is 0.429. The number of fused-ring (bicyclic) bond motifs is 6. The summed E-state index contributed by atoms with van der Waals surface area (Å²) in [4.78, 5) is 20.3. The van der Waals surface area contributed by atoms with Gasteiger partial charge in [0.05, 0.1) is 22.6 Å². The number of hydrogen-bond acceptors (Lipinski definition) is 3. The fraction of sp³-hybridized carbons (Fsp3) is 0.379. The van der Waals surface area contributed by atoms with Crippen molar-refractivity contribution in [2.45, 2.75) is 57.2 Å². The molecular formula is C29H30ClN3O. The molecule has 2 unspecified atom stereocenters. The van der Waals surface area contributed by atoms with Gasteiger partial charge in [0, 0.05) is 29.2 Å². The first-order chi connectivity index (χ1) is 16.6. The maximum Gasteiger partial charge on any atom is 0.252 e. The Morgan fingerprint density at radius 1 is 1.00 bits per heavy atom. The highest BCUT2D eigenvalue weighted by atomic mass is 35.5. The van der Waals surface area contributed by atoms with Crippen LogP contribution in [-0.4, -0.2) is 28.4 Å². The van der Waals surface area contributed by atoms with Crippen LogP contribution in [0.25, 0.3) is 10.9 Å². The number of nitrogens with zero attached hydrogens (tertiary/aromatic N) is 2. The molecule has 4 nitrogen and oxygen atoms in total. The van der Waals surface area contributed by atoms with Crippen molar-refractivity contribution in [3.63, 3.8) is 0 Å². The minimum atomic E-state index is -0.0201. The van der Waals surface area contributed by atoms with E-state index in [9.17, 15) is 4.79 Å². The van der Waals surface area contributed by atoms with Gasteiger partial charge in [-0.1, -0.05) is 54.1 Å². The van der Waals surface area contributed by atoms with Gasteiger partial charge >= 0.3 is 0 Å². The molecule has 2 bridgehead atoms. The molecule has 0 saturated heterocycles. The Morgan fingerprint density at radius 2 is 1.71 bits per heavy atom. The smallest absolute Gasteiger partial charge is 0.252 e. The molecule has 1 aliphatic carbocycles. The van der Waals surface area contributed by atoms with Crippen molar-refractivity contribution in [1.29, 1.82) is 0 Å². The van der Waals surface area contributed by atoms with Crippen molar-refractivity contribution in [1.82, 2.24) is 15.2 Å². The van der Waals surface area contributed by atoms with Gasteiger partial charge in [-0.3, -0.25) is 14.7 Å². The third-order valence-electron chi connectivity index (χ3n) is 7.99. The molecule has 1 amide bonds. The average molecular weight is 472 g/mol. The summed E-state index contributed by atoms with van der Waals surface area (Å²) in [6.45, 7) is 3.08. The van der Waals surface area contributed by atoms with Crippen molar-refractivity contribution < 1.29 is 4.79 Å². The summed E-state index contributed by atoms with van der Waals surface area (Å²) in [7, 11) is 0. The van der Waals surface area contributed by atoms with Crippen LogP contribution >= 0.6 is 11.6 Å². The maximum absolute atomic E-state index is 13.1. The molecule has 1 aromatic heterocycles. The Labute approximate surface area is 206 Å². The van der Waals surface area contributed by atoms with Gasteiger partial charge in [0.1, 0.15) is 0 Å². The van der Waals surface area contributed by atoms with Gasteiger partial charge < -0.3 is 5.32 Å². The largest absolute Gasteiger partial charge is 0.349 e. The summed E-state index contributed by atoms with van der Waals surface area (Å²) in [5.74, 6) is 0.716. The van der Waals surface area contributed by atoms with Crippen LogP contribution in [0.3, 0.4) is 0 Å². The van der Waals surface area contributed by atoms with Crippen LogP contribution in [0.4, 0.5) is 0 Å². The molecule has 0 radical (unpaired) electrons. The SMILES string of the molecule is Cc1ccc2c(C(=O)N[C@H]3CC[C@H](CCN4C5C=CC4c4ccccc45)CC3)ccc(Cl)c2n1. The van der Waals surface area contributed by atoms with E-state index in [1.807, 2.05) is 25.1 Å². The van der Waals surface area contributed by atoms with E-state index in [-0.39, 0.29) is 11.9 Å². The Hall–Kier alpha value is -2.69. The lowest BCUT2D eigenvalue weighted by Gasteiger charge is -2.31. The number of rotatable bonds is 5. The summed E-state index contributed by atoms with van der Waals surface area (Å²) >= 11 is 6.34. The number of hydrogen-bond donors (Lipinski definition) is 1. The molecule has 174 valence electrons. The van der Waals surface area contributed by atoms with Gasteiger partial charge in [-0.15, -0.1) is 0 Å². The fourth-order valence-corrected chi connectivity index (χ4v) is 6.37. The van der Waals surface area contributed by atoms with Crippen LogP contribution in [-0.2, 0) is 0 Å². The molecule has 34 heavy (non-hydrogen) atoms. The summed E-state index contributed by atoms with van der Waals surface area (Å²) < 4.78 is 0. The van der Waals surface area contributed by atoms with Crippen molar-refractivity contribution >= 4 is 28.4 Å². The molecule has 6 rings (SSSR count). The standard InChI is InChI=1S/C29H30ClN3O/c1-18-6-11-23-24(12-13-25(30)28(23)31-18)29(34)32-20-9-7-19(8-10-20)16-17-33-26-14-15-27(33)22-5-3-2-4-21(22)26/h2-6,11-15,19-20,26-27H,7-10,16-17H2,1H3,(H,32,34)/t19-,20-,26?,27?. The van der Waals surface area contributed by atoms with E-state index in [1.165, 1.54) is 30.4 Å². The lowest BCUT2D eigenvalue weighted by atomic mass is 9.84. The molecule has 3 aromatic rings. The van der Waals surface area contributed by atoms with E-state index >= 15 is 0 Å². The van der Waals surface area contributed by atoms with Gasteiger partial charge in [0.25, 0.3) is 5.91 Å². The van der Waals surface area contributed by atoms with Crippen LogP contribution in [0.5, 0.6) is 0 Å². The zero-order valence-corrected chi connectivity index (χ0v) is 20.3. The minimum Gasteiger partial charge on any atom is -0.349 e. The van der Waals surface area contributed by atoms with Gasteiger partial charge in [-0.25, -0.2) is 0 Å². The first-order valence-electron chi connectivity index (χ1n) is 12.5. The predicted molar refractivity (Wildman–Crippen MR) is 137 cm³/mol. The molecule has 2 aliphatic heterocycles. The number of aromatic nitrogens is 1. The molecule has 3 aliphatic rings. The normalized spacial score (nSPS) is 25.6. The zero-order valence-electron chi connectivity index (χ0n) is 19.5. The highest BCUT2D eigenvalue weighted by molar-refractivity contribution is 6.35.